The number of ether oxygens (including phenoxy) is 1. The third-order valence-corrected chi connectivity index (χ3v) is 3.20. The number of anilines is 2. The summed E-state index contributed by atoms with van der Waals surface area (Å²) in [5.41, 5.74) is 6.44. The highest BCUT2D eigenvalue weighted by molar-refractivity contribution is 5.75. The summed E-state index contributed by atoms with van der Waals surface area (Å²) in [5, 5.41) is 11.2. The second kappa shape index (κ2) is 6.94. The molecule has 0 saturated carbocycles. The van der Waals surface area contributed by atoms with Gasteiger partial charge in [-0.3, -0.25) is 10.1 Å². The molecule has 0 aliphatic rings. The molecule has 0 saturated heterocycles. The zero-order valence-electron chi connectivity index (χ0n) is 11.6. The van der Waals surface area contributed by atoms with Gasteiger partial charge in [0.05, 0.1) is 11.5 Å². The number of hydrogen-bond acceptors (Lipinski definition) is 5. The number of rotatable bonds is 7. The van der Waals surface area contributed by atoms with Crippen molar-refractivity contribution in [1.29, 1.82) is 0 Å². The fourth-order valence-corrected chi connectivity index (χ4v) is 1.97. The summed E-state index contributed by atoms with van der Waals surface area (Å²) < 4.78 is 5.08. The van der Waals surface area contributed by atoms with Crippen LogP contribution in [0.3, 0.4) is 0 Å². The molecule has 2 N–H and O–H groups in total. The average molecular weight is 267 g/mol. The molecule has 1 rings (SSSR count). The summed E-state index contributed by atoms with van der Waals surface area (Å²) in [6.45, 7) is 5.18. The third-order valence-electron chi connectivity index (χ3n) is 3.20. The van der Waals surface area contributed by atoms with Gasteiger partial charge in [-0.2, -0.15) is 0 Å². The molecule has 0 aliphatic carbocycles. The van der Waals surface area contributed by atoms with Crippen LogP contribution < -0.4 is 10.6 Å². The van der Waals surface area contributed by atoms with Gasteiger partial charge in [-0.25, -0.2) is 0 Å². The lowest BCUT2D eigenvalue weighted by Crippen LogP contribution is -2.36. The second-order valence-electron chi connectivity index (χ2n) is 4.42. The fourth-order valence-electron chi connectivity index (χ4n) is 1.97. The van der Waals surface area contributed by atoms with Crippen LogP contribution in [0.4, 0.5) is 17.1 Å². The summed E-state index contributed by atoms with van der Waals surface area (Å²) in [4.78, 5) is 12.7. The minimum absolute atomic E-state index is 0.0288. The third kappa shape index (κ3) is 3.57. The highest BCUT2D eigenvalue weighted by Crippen LogP contribution is 2.34. The Balaban J connectivity index is 3.21. The van der Waals surface area contributed by atoms with Crippen LogP contribution >= 0.6 is 0 Å². The molecule has 0 fully saturated rings. The van der Waals surface area contributed by atoms with Crippen molar-refractivity contribution >= 4 is 17.1 Å². The van der Waals surface area contributed by atoms with E-state index < -0.39 is 4.92 Å². The Morgan fingerprint density at radius 3 is 2.74 bits per heavy atom. The highest BCUT2D eigenvalue weighted by atomic mass is 16.6. The molecule has 106 valence electrons. The predicted octanol–water partition coefficient (Wildman–Crippen LogP) is 2.43. The van der Waals surface area contributed by atoms with E-state index in [4.69, 9.17) is 10.5 Å². The van der Waals surface area contributed by atoms with Crippen molar-refractivity contribution in [2.24, 2.45) is 0 Å². The van der Waals surface area contributed by atoms with E-state index in [1.807, 2.05) is 18.7 Å². The predicted molar refractivity (Wildman–Crippen MR) is 76.5 cm³/mol. The van der Waals surface area contributed by atoms with Crippen LogP contribution in [-0.2, 0) is 4.74 Å². The number of benzene rings is 1. The summed E-state index contributed by atoms with van der Waals surface area (Å²) in [7, 11) is 1.61. The van der Waals surface area contributed by atoms with E-state index in [2.05, 4.69) is 0 Å². The van der Waals surface area contributed by atoms with Gasteiger partial charge in [0, 0.05) is 19.7 Å². The molecule has 6 heteroatoms. The van der Waals surface area contributed by atoms with Crippen molar-refractivity contribution in [3.63, 3.8) is 0 Å². The van der Waals surface area contributed by atoms with E-state index in [0.717, 1.165) is 6.42 Å². The van der Waals surface area contributed by atoms with E-state index in [9.17, 15) is 10.1 Å². The lowest BCUT2D eigenvalue weighted by atomic mass is 10.1. The number of nitro groups is 1. The molecule has 6 nitrogen and oxygen atoms in total. The van der Waals surface area contributed by atoms with Gasteiger partial charge in [0.1, 0.15) is 11.4 Å². The first-order valence-corrected chi connectivity index (χ1v) is 6.31. The quantitative estimate of drug-likeness (QED) is 0.466. The van der Waals surface area contributed by atoms with Crippen molar-refractivity contribution in [3.8, 4) is 0 Å². The first kappa shape index (κ1) is 15.2. The summed E-state index contributed by atoms with van der Waals surface area (Å²) >= 11 is 0. The first-order chi connectivity index (χ1) is 9.02. The lowest BCUT2D eigenvalue weighted by Gasteiger charge is -2.30. The SMILES string of the molecule is CCC(C)N(CCOC)c1cccc(N)c1[N+](=O)[O-]. The number of nitrogens with zero attached hydrogens (tertiary/aromatic N) is 2. The molecular formula is C13H21N3O3. The average Bonchev–Trinajstić information content (AvgIpc) is 2.38. The van der Waals surface area contributed by atoms with Crippen molar-refractivity contribution in [2.75, 3.05) is 30.9 Å². The van der Waals surface area contributed by atoms with Crippen LogP contribution in [0.25, 0.3) is 0 Å². The van der Waals surface area contributed by atoms with Crippen LogP contribution in [-0.4, -0.2) is 31.2 Å². The second-order valence-corrected chi connectivity index (χ2v) is 4.42. The van der Waals surface area contributed by atoms with Crippen molar-refractivity contribution in [2.45, 2.75) is 26.3 Å². The first-order valence-electron chi connectivity index (χ1n) is 6.31. The van der Waals surface area contributed by atoms with Gasteiger partial charge in [0.25, 0.3) is 0 Å². The lowest BCUT2D eigenvalue weighted by molar-refractivity contribution is -0.383. The minimum atomic E-state index is -0.424. The minimum Gasteiger partial charge on any atom is -0.393 e. The molecular weight excluding hydrogens is 246 g/mol. The number of nitrogen functional groups attached to an aromatic ring is 1. The molecule has 0 radical (unpaired) electrons. The largest absolute Gasteiger partial charge is 0.393 e. The standard InChI is InChI=1S/C13H21N3O3/c1-4-10(2)15(8-9-19-3)12-7-5-6-11(14)13(12)16(17)18/h5-7,10H,4,8-9,14H2,1-3H3. The molecule has 0 amide bonds. The van der Waals surface area contributed by atoms with E-state index in [0.29, 0.717) is 18.8 Å². The maximum Gasteiger partial charge on any atom is 0.315 e. The molecule has 1 aromatic carbocycles. The van der Waals surface area contributed by atoms with Crippen molar-refractivity contribution in [3.05, 3.63) is 28.3 Å². The van der Waals surface area contributed by atoms with Gasteiger partial charge in [0.2, 0.25) is 0 Å². The zero-order valence-corrected chi connectivity index (χ0v) is 11.6. The van der Waals surface area contributed by atoms with E-state index >= 15 is 0 Å². The molecule has 1 atom stereocenters. The summed E-state index contributed by atoms with van der Waals surface area (Å²) in [6, 6.07) is 5.19. The topological polar surface area (TPSA) is 81.6 Å². The Labute approximate surface area is 113 Å². The molecule has 0 spiro atoms. The van der Waals surface area contributed by atoms with Crippen LogP contribution in [0, 0.1) is 10.1 Å². The number of methoxy groups -OCH3 is 1. The van der Waals surface area contributed by atoms with Crippen LogP contribution in [0.15, 0.2) is 18.2 Å². The number of nitrogens with two attached hydrogens (primary N) is 1. The Morgan fingerprint density at radius 2 is 2.21 bits per heavy atom. The molecule has 19 heavy (non-hydrogen) atoms. The van der Waals surface area contributed by atoms with Gasteiger partial charge in [-0.1, -0.05) is 13.0 Å². The van der Waals surface area contributed by atoms with Crippen LogP contribution in [0.5, 0.6) is 0 Å². The van der Waals surface area contributed by atoms with E-state index in [1.54, 1.807) is 25.3 Å². The fraction of sp³-hybridized carbons (Fsp3) is 0.538. The molecule has 1 unspecified atom stereocenters. The van der Waals surface area contributed by atoms with Gasteiger partial charge in [0.15, 0.2) is 0 Å². The number of nitro benzene ring substituents is 1. The van der Waals surface area contributed by atoms with Gasteiger partial charge >= 0.3 is 5.69 Å². The number of hydrogen-bond donors (Lipinski definition) is 1. The Bertz CT molecular complexity index is 437. The van der Waals surface area contributed by atoms with Crippen molar-refractivity contribution < 1.29 is 9.66 Å². The van der Waals surface area contributed by atoms with E-state index in [-0.39, 0.29) is 17.4 Å². The molecule has 0 bridgehead atoms. The van der Waals surface area contributed by atoms with Gasteiger partial charge < -0.3 is 15.4 Å². The monoisotopic (exact) mass is 267 g/mol. The highest BCUT2D eigenvalue weighted by Gasteiger charge is 2.24. The summed E-state index contributed by atoms with van der Waals surface area (Å²) in [6.07, 6.45) is 0.885. The van der Waals surface area contributed by atoms with Gasteiger partial charge in [-0.15, -0.1) is 0 Å². The smallest absolute Gasteiger partial charge is 0.315 e. The molecule has 0 aromatic heterocycles. The Hall–Kier alpha value is -1.82. The zero-order chi connectivity index (χ0) is 14.4. The maximum atomic E-state index is 11.2. The summed E-state index contributed by atoms with van der Waals surface area (Å²) in [5.74, 6) is 0. The van der Waals surface area contributed by atoms with Gasteiger partial charge in [-0.05, 0) is 25.5 Å². The molecule has 0 heterocycles. The Kier molecular flexibility index (Phi) is 5.57. The van der Waals surface area contributed by atoms with Crippen LogP contribution in [0.2, 0.25) is 0 Å². The molecule has 1 aromatic rings. The number of para-hydroxylation sites is 1. The maximum absolute atomic E-state index is 11.2. The van der Waals surface area contributed by atoms with Crippen LogP contribution in [0.1, 0.15) is 20.3 Å². The Morgan fingerprint density at radius 1 is 1.53 bits per heavy atom. The van der Waals surface area contributed by atoms with E-state index in [1.165, 1.54) is 0 Å². The van der Waals surface area contributed by atoms with Crippen molar-refractivity contribution in [1.82, 2.24) is 0 Å². The molecule has 0 aliphatic heterocycles. The normalized spacial score (nSPS) is 12.2.